The third-order valence-electron chi connectivity index (χ3n) is 3.42. The minimum Gasteiger partial charge on any atom is -0.340 e. The second-order valence-electron chi connectivity index (χ2n) is 5.38. The molecular weight excluding hydrogens is 248 g/mol. The highest BCUT2D eigenvalue weighted by Gasteiger charge is 2.23. The van der Waals surface area contributed by atoms with Crippen molar-refractivity contribution in [2.75, 3.05) is 20.1 Å². The van der Waals surface area contributed by atoms with E-state index in [0.717, 1.165) is 24.2 Å². The van der Waals surface area contributed by atoms with Gasteiger partial charge in [-0.25, -0.2) is 0 Å². The molecular formula is C17H26N2O. The standard InChI is InChI=1S/C17H26N2O/c1-6-19(12-14(2)3)15(4)17(20)18(5)13-16-10-8-7-9-11-16/h7-11,15H,2,6,12-13H2,1,3-5H3. The van der Waals surface area contributed by atoms with Crippen molar-refractivity contribution in [2.24, 2.45) is 0 Å². The zero-order chi connectivity index (χ0) is 15.1. The van der Waals surface area contributed by atoms with Gasteiger partial charge in [-0.05, 0) is 26.0 Å². The molecule has 1 amide bonds. The van der Waals surface area contributed by atoms with E-state index in [2.05, 4.69) is 18.4 Å². The van der Waals surface area contributed by atoms with Crippen LogP contribution in [-0.4, -0.2) is 41.9 Å². The lowest BCUT2D eigenvalue weighted by molar-refractivity contribution is -0.135. The van der Waals surface area contributed by atoms with Crippen LogP contribution in [0.25, 0.3) is 0 Å². The Morgan fingerprint density at radius 1 is 1.30 bits per heavy atom. The molecule has 0 heterocycles. The Labute approximate surface area is 122 Å². The lowest BCUT2D eigenvalue weighted by Crippen LogP contribution is -2.46. The van der Waals surface area contributed by atoms with Gasteiger partial charge in [0, 0.05) is 20.1 Å². The van der Waals surface area contributed by atoms with E-state index in [0.29, 0.717) is 6.54 Å². The van der Waals surface area contributed by atoms with Crippen LogP contribution in [0.5, 0.6) is 0 Å². The Morgan fingerprint density at radius 3 is 2.40 bits per heavy atom. The van der Waals surface area contributed by atoms with Gasteiger partial charge < -0.3 is 4.90 Å². The summed E-state index contributed by atoms with van der Waals surface area (Å²) in [6.07, 6.45) is 0. The van der Waals surface area contributed by atoms with E-state index >= 15 is 0 Å². The fraction of sp³-hybridized carbons (Fsp3) is 0.471. The van der Waals surface area contributed by atoms with E-state index < -0.39 is 0 Å². The van der Waals surface area contributed by atoms with Crippen LogP contribution in [0, 0.1) is 0 Å². The molecule has 0 spiro atoms. The van der Waals surface area contributed by atoms with Crippen molar-refractivity contribution < 1.29 is 4.79 Å². The molecule has 0 saturated carbocycles. The van der Waals surface area contributed by atoms with Crippen LogP contribution in [-0.2, 0) is 11.3 Å². The van der Waals surface area contributed by atoms with Gasteiger partial charge in [0.25, 0.3) is 0 Å². The first kappa shape index (κ1) is 16.4. The van der Waals surface area contributed by atoms with Gasteiger partial charge in [0.1, 0.15) is 0 Å². The number of carbonyl (C=O) groups is 1. The summed E-state index contributed by atoms with van der Waals surface area (Å²) in [4.78, 5) is 16.4. The van der Waals surface area contributed by atoms with Crippen molar-refractivity contribution in [3.63, 3.8) is 0 Å². The smallest absolute Gasteiger partial charge is 0.239 e. The minimum absolute atomic E-state index is 0.120. The monoisotopic (exact) mass is 274 g/mol. The molecule has 1 atom stereocenters. The van der Waals surface area contributed by atoms with Crippen molar-refractivity contribution in [1.29, 1.82) is 0 Å². The summed E-state index contributed by atoms with van der Waals surface area (Å²) in [7, 11) is 1.86. The fourth-order valence-corrected chi connectivity index (χ4v) is 2.28. The number of likely N-dealkylation sites (N-methyl/N-ethyl adjacent to an activating group) is 2. The summed E-state index contributed by atoms with van der Waals surface area (Å²) in [6.45, 7) is 12.2. The molecule has 0 bridgehead atoms. The number of nitrogens with zero attached hydrogens (tertiary/aromatic N) is 2. The molecule has 3 heteroatoms. The van der Waals surface area contributed by atoms with Crippen LogP contribution >= 0.6 is 0 Å². The van der Waals surface area contributed by atoms with Crippen LogP contribution in [0.4, 0.5) is 0 Å². The summed E-state index contributed by atoms with van der Waals surface area (Å²) >= 11 is 0. The van der Waals surface area contributed by atoms with Crippen LogP contribution in [0.2, 0.25) is 0 Å². The Bertz CT molecular complexity index is 442. The highest BCUT2D eigenvalue weighted by Crippen LogP contribution is 2.09. The van der Waals surface area contributed by atoms with E-state index in [1.165, 1.54) is 0 Å². The molecule has 0 radical (unpaired) electrons. The lowest BCUT2D eigenvalue weighted by atomic mass is 10.2. The Hall–Kier alpha value is -1.61. The number of hydrogen-bond donors (Lipinski definition) is 0. The normalized spacial score (nSPS) is 12.2. The lowest BCUT2D eigenvalue weighted by Gasteiger charge is -2.30. The third kappa shape index (κ3) is 4.82. The van der Waals surface area contributed by atoms with Crippen molar-refractivity contribution in [3.05, 3.63) is 48.0 Å². The van der Waals surface area contributed by atoms with Crippen molar-refractivity contribution in [1.82, 2.24) is 9.80 Å². The highest BCUT2D eigenvalue weighted by atomic mass is 16.2. The molecule has 0 saturated heterocycles. The van der Waals surface area contributed by atoms with Gasteiger partial charge >= 0.3 is 0 Å². The SMILES string of the molecule is C=C(C)CN(CC)C(C)C(=O)N(C)Cc1ccccc1. The van der Waals surface area contributed by atoms with Gasteiger partial charge in [0.2, 0.25) is 5.91 Å². The van der Waals surface area contributed by atoms with Crippen LogP contribution in [0.15, 0.2) is 42.5 Å². The molecule has 0 aliphatic rings. The zero-order valence-electron chi connectivity index (χ0n) is 13.1. The van der Waals surface area contributed by atoms with Crippen LogP contribution in [0.1, 0.15) is 26.3 Å². The summed E-state index contributed by atoms with van der Waals surface area (Å²) in [5.41, 5.74) is 2.23. The maximum atomic E-state index is 12.5. The number of amides is 1. The largest absolute Gasteiger partial charge is 0.340 e. The van der Waals surface area contributed by atoms with Crippen molar-refractivity contribution >= 4 is 5.91 Å². The molecule has 1 unspecified atom stereocenters. The Kier molecular flexibility index (Phi) is 6.46. The van der Waals surface area contributed by atoms with E-state index in [-0.39, 0.29) is 11.9 Å². The second-order valence-corrected chi connectivity index (χ2v) is 5.38. The number of benzene rings is 1. The minimum atomic E-state index is -0.120. The molecule has 0 N–H and O–H groups in total. The Morgan fingerprint density at radius 2 is 1.90 bits per heavy atom. The van der Waals surface area contributed by atoms with Gasteiger partial charge in [0.05, 0.1) is 6.04 Å². The molecule has 0 aliphatic carbocycles. The van der Waals surface area contributed by atoms with E-state index in [1.807, 2.05) is 51.2 Å². The third-order valence-corrected chi connectivity index (χ3v) is 3.42. The maximum absolute atomic E-state index is 12.5. The topological polar surface area (TPSA) is 23.6 Å². The van der Waals surface area contributed by atoms with Gasteiger partial charge in [-0.15, -0.1) is 0 Å². The van der Waals surface area contributed by atoms with Gasteiger partial charge in [0.15, 0.2) is 0 Å². The summed E-state index contributed by atoms with van der Waals surface area (Å²) in [6, 6.07) is 9.94. The molecule has 110 valence electrons. The average molecular weight is 274 g/mol. The molecule has 1 rings (SSSR count). The molecule has 0 fully saturated rings. The number of hydrogen-bond acceptors (Lipinski definition) is 2. The van der Waals surface area contributed by atoms with Gasteiger partial charge in [-0.1, -0.05) is 49.4 Å². The first-order chi connectivity index (χ1) is 9.45. The molecule has 1 aromatic rings. The summed E-state index contributed by atoms with van der Waals surface area (Å²) < 4.78 is 0. The second kappa shape index (κ2) is 7.85. The predicted molar refractivity (Wildman–Crippen MR) is 84.4 cm³/mol. The quantitative estimate of drug-likeness (QED) is 0.714. The first-order valence-corrected chi connectivity index (χ1v) is 7.13. The Balaban J connectivity index is 2.65. The maximum Gasteiger partial charge on any atom is 0.239 e. The molecule has 1 aromatic carbocycles. The predicted octanol–water partition coefficient (Wildman–Crippen LogP) is 2.93. The summed E-state index contributed by atoms with van der Waals surface area (Å²) in [5.74, 6) is 0.150. The number of carbonyl (C=O) groups excluding carboxylic acids is 1. The van der Waals surface area contributed by atoms with Gasteiger partial charge in [-0.2, -0.15) is 0 Å². The van der Waals surface area contributed by atoms with Gasteiger partial charge in [-0.3, -0.25) is 9.69 Å². The molecule has 0 aromatic heterocycles. The number of rotatable bonds is 7. The van der Waals surface area contributed by atoms with Crippen molar-refractivity contribution in [2.45, 2.75) is 33.4 Å². The molecule has 20 heavy (non-hydrogen) atoms. The summed E-state index contributed by atoms with van der Waals surface area (Å²) in [5, 5.41) is 0. The molecule has 3 nitrogen and oxygen atoms in total. The highest BCUT2D eigenvalue weighted by molar-refractivity contribution is 5.81. The van der Waals surface area contributed by atoms with E-state index in [4.69, 9.17) is 0 Å². The van der Waals surface area contributed by atoms with Crippen LogP contribution < -0.4 is 0 Å². The molecule has 0 aliphatic heterocycles. The zero-order valence-corrected chi connectivity index (χ0v) is 13.1. The van der Waals surface area contributed by atoms with E-state index in [9.17, 15) is 4.79 Å². The van der Waals surface area contributed by atoms with Crippen LogP contribution in [0.3, 0.4) is 0 Å². The van der Waals surface area contributed by atoms with E-state index in [1.54, 1.807) is 4.90 Å². The van der Waals surface area contributed by atoms with Crippen molar-refractivity contribution in [3.8, 4) is 0 Å². The first-order valence-electron chi connectivity index (χ1n) is 7.13. The fourth-order valence-electron chi connectivity index (χ4n) is 2.28. The average Bonchev–Trinajstić information content (AvgIpc) is 2.44.